The third kappa shape index (κ3) is 3.43. The molecule has 0 aliphatic carbocycles. The van der Waals surface area contributed by atoms with Gasteiger partial charge in [-0.05, 0) is 20.4 Å². The summed E-state index contributed by atoms with van der Waals surface area (Å²) >= 11 is 0. The predicted molar refractivity (Wildman–Crippen MR) is 53.9 cm³/mol. The van der Waals surface area contributed by atoms with Crippen LogP contribution in [0.15, 0.2) is 6.33 Å². The molecule has 0 amide bonds. The van der Waals surface area contributed by atoms with Crippen LogP contribution in [0.2, 0.25) is 0 Å². The van der Waals surface area contributed by atoms with Crippen molar-refractivity contribution in [2.75, 3.05) is 20.3 Å². The van der Waals surface area contributed by atoms with Crippen LogP contribution in [-0.4, -0.2) is 35.0 Å². The highest BCUT2D eigenvalue weighted by molar-refractivity contribution is 4.82. The summed E-state index contributed by atoms with van der Waals surface area (Å²) in [6.45, 7) is 5.20. The lowest BCUT2D eigenvalue weighted by atomic mass is 10.4. The molecule has 0 aromatic carbocycles. The van der Waals surface area contributed by atoms with Gasteiger partial charge in [-0.25, -0.2) is 9.67 Å². The maximum absolute atomic E-state index is 5.25. The van der Waals surface area contributed by atoms with E-state index in [1.165, 1.54) is 0 Å². The number of nitrogens with zero attached hydrogens (tertiary/aromatic N) is 3. The highest BCUT2D eigenvalue weighted by Gasteiger charge is 2.01. The van der Waals surface area contributed by atoms with Crippen molar-refractivity contribution in [2.24, 2.45) is 0 Å². The number of aromatic nitrogens is 3. The third-order valence-corrected chi connectivity index (χ3v) is 1.89. The summed E-state index contributed by atoms with van der Waals surface area (Å²) < 4.78 is 7.17. The zero-order chi connectivity index (χ0) is 10.2. The van der Waals surface area contributed by atoms with E-state index in [1.807, 2.05) is 18.7 Å². The van der Waals surface area contributed by atoms with Crippen molar-refractivity contribution in [2.45, 2.75) is 26.4 Å². The molecule has 0 fully saturated rings. The molecule has 0 aliphatic heterocycles. The Kier molecular flexibility index (Phi) is 5.17. The summed E-state index contributed by atoms with van der Waals surface area (Å²) in [5.74, 6) is 0.976. The average molecular weight is 198 g/mol. The van der Waals surface area contributed by atoms with Crippen LogP contribution in [0.5, 0.6) is 0 Å². The van der Waals surface area contributed by atoms with E-state index < -0.39 is 0 Å². The molecule has 5 nitrogen and oxygen atoms in total. The molecule has 14 heavy (non-hydrogen) atoms. The normalized spacial score (nSPS) is 10.7. The maximum Gasteiger partial charge on any atom is 0.140 e. The molecule has 0 aliphatic rings. The predicted octanol–water partition coefficient (Wildman–Crippen LogP) is 0.424. The molecule has 0 unspecified atom stereocenters. The second-order valence-electron chi connectivity index (χ2n) is 2.98. The molecule has 0 atom stereocenters. The number of nitrogens with one attached hydrogen (secondary N) is 1. The molecule has 80 valence electrons. The molecular weight excluding hydrogens is 180 g/mol. The van der Waals surface area contributed by atoms with Crippen LogP contribution in [0.1, 0.15) is 19.2 Å². The van der Waals surface area contributed by atoms with Gasteiger partial charge in [-0.15, -0.1) is 0 Å². The lowest BCUT2D eigenvalue weighted by Gasteiger charge is -2.05. The molecule has 1 aromatic rings. The van der Waals surface area contributed by atoms with Crippen LogP contribution in [0, 0.1) is 0 Å². The Morgan fingerprint density at radius 2 is 2.43 bits per heavy atom. The lowest BCUT2D eigenvalue weighted by Crippen LogP contribution is -2.14. The zero-order valence-electron chi connectivity index (χ0n) is 8.86. The van der Waals surface area contributed by atoms with Crippen LogP contribution in [0.3, 0.4) is 0 Å². The van der Waals surface area contributed by atoms with Crippen molar-refractivity contribution >= 4 is 0 Å². The minimum atomic E-state index is 0.759. The number of aryl methyl sites for hydroxylation is 1. The van der Waals surface area contributed by atoms with Crippen molar-refractivity contribution in [3.8, 4) is 0 Å². The van der Waals surface area contributed by atoms with E-state index in [2.05, 4.69) is 15.4 Å². The molecule has 0 radical (unpaired) electrons. The molecule has 0 saturated heterocycles. The van der Waals surface area contributed by atoms with Gasteiger partial charge in [0.25, 0.3) is 0 Å². The smallest absolute Gasteiger partial charge is 0.140 e. The SMILES string of the molecule is CCOCCCn1ncnc1CNC. The van der Waals surface area contributed by atoms with Gasteiger partial charge in [0.2, 0.25) is 0 Å². The van der Waals surface area contributed by atoms with Crippen molar-refractivity contribution in [3.05, 3.63) is 12.2 Å². The summed E-state index contributed by atoms with van der Waals surface area (Å²) in [4.78, 5) is 4.15. The Morgan fingerprint density at radius 3 is 3.14 bits per heavy atom. The minimum absolute atomic E-state index is 0.759. The topological polar surface area (TPSA) is 52.0 Å². The van der Waals surface area contributed by atoms with Crippen LogP contribution < -0.4 is 5.32 Å². The average Bonchev–Trinajstić information content (AvgIpc) is 2.61. The molecular formula is C9H18N4O. The Balaban J connectivity index is 2.30. The van der Waals surface area contributed by atoms with Gasteiger partial charge in [0.15, 0.2) is 0 Å². The van der Waals surface area contributed by atoms with Gasteiger partial charge in [0.05, 0.1) is 6.54 Å². The van der Waals surface area contributed by atoms with Crippen molar-refractivity contribution in [3.63, 3.8) is 0 Å². The first-order valence-electron chi connectivity index (χ1n) is 4.97. The fourth-order valence-corrected chi connectivity index (χ4v) is 1.23. The molecule has 0 bridgehead atoms. The fourth-order valence-electron chi connectivity index (χ4n) is 1.23. The number of hydrogen-bond acceptors (Lipinski definition) is 4. The molecule has 1 aromatic heterocycles. The molecule has 5 heteroatoms. The monoisotopic (exact) mass is 198 g/mol. The molecule has 1 heterocycles. The summed E-state index contributed by atoms with van der Waals surface area (Å²) in [7, 11) is 1.90. The molecule has 0 spiro atoms. The highest BCUT2D eigenvalue weighted by Crippen LogP contribution is 1.95. The number of hydrogen-bond donors (Lipinski definition) is 1. The molecule has 1 rings (SSSR count). The van der Waals surface area contributed by atoms with Crippen LogP contribution >= 0.6 is 0 Å². The van der Waals surface area contributed by atoms with Crippen molar-refractivity contribution < 1.29 is 4.74 Å². The van der Waals surface area contributed by atoms with Crippen LogP contribution in [0.25, 0.3) is 0 Å². The largest absolute Gasteiger partial charge is 0.382 e. The Morgan fingerprint density at radius 1 is 1.57 bits per heavy atom. The molecule has 0 saturated carbocycles. The standard InChI is InChI=1S/C9H18N4O/c1-3-14-6-4-5-13-9(7-10-2)11-8-12-13/h8,10H,3-7H2,1-2H3. The Labute approximate surface area is 84.5 Å². The second kappa shape index (κ2) is 6.50. The van der Waals surface area contributed by atoms with Gasteiger partial charge in [0.1, 0.15) is 12.2 Å². The van der Waals surface area contributed by atoms with E-state index in [4.69, 9.17) is 4.74 Å². The van der Waals surface area contributed by atoms with E-state index in [9.17, 15) is 0 Å². The van der Waals surface area contributed by atoms with E-state index in [0.29, 0.717) is 0 Å². The van der Waals surface area contributed by atoms with Gasteiger partial charge in [0, 0.05) is 19.8 Å². The first-order chi connectivity index (χ1) is 6.88. The first-order valence-corrected chi connectivity index (χ1v) is 4.97. The van der Waals surface area contributed by atoms with Crippen LogP contribution in [0.4, 0.5) is 0 Å². The van der Waals surface area contributed by atoms with Gasteiger partial charge < -0.3 is 10.1 Å². The second-order valence-corrected chi connectivity index (χ2v) is 2.98. The van der Waals surface area contributed by atoms with Gasteiger partial charge >= 0.3 is 0 Å². The van der Waals surface area contributed by atoms with E-state index >= 15 is 0 Å². The number of rotatable bonds is 7. The summed E-state index contributed by atoms with van der Waals surface area (Å²) in [6.07, 6.45) is 2.57. The maximum atomic E-state index is 5.25. The van der Waals surface area contributed by atoms with Gasteiger partial charge in [-0.2, -0.15) is 5.10 Å². The van der Waals surface area contributed by atoms with E-state index in [-0.39, 0.29) is 0 Å². The quantitative estimate of drug-likeness (QED) is 0.645. The Hall–Kier alpha value is -0.940. The van der Waals surface area contributed by atoms with Gasteiger partial charge in [-0.1, -0.05) is 0 Å². The fraction of sp³-hybridized carbons (Fsp3) is 0.778. The highest BCUT2D eigenvalue weighted by atomic mass is 16.5. The molecule has 1 N–H and O–H groups in total. The van der Waals surface area contributed by atoms with Crippen LogP contribution in [-0.2, 0) is 17.8 Å². The Bertz CT molecular complexity index is 249. The zero-order valence-corrected chi connectivity index (χ0v) is 8.86. The van der Waals surface area contributed by atoms with E-state index in [0.717, 1.165) is 38.5 Å². The summed E-state index contributed by atoms with van der Waals surface area (Å²) in [6, 6.07) is 0. The number of ether oxygens (including phenoxy) is 1. The summed E-state index contributed by atoms with van der Waals surface area (Å²) in [5.41, 5.74) is 0. The third-order valence-electron chi connectivity index (χ3n) is 1.89. The first kappa shape index (κ1) is 11.1. The van der Waals surface area contributed by atoms with Gasteiger partial charge in [-0.3, -0.25) is 0 Å². The van der Waals surface area contributed by atoms with E-state index in [1.54, 1.807) is 6.33 Å². The van der Waals surface area contributed by atoms with Crippen molar-refractivity contribution in [1.29, 1.82) is 0 Å². The minimum Gasteiger partial charge on any atom is -0.382 e. The van der Waals surface area contributed by atoms with Crippen molar-refractivity contribution in [1.82, 2.24) is 20.1 Å². The summed E-state index contributed by atoms with van der Waals surface area (Å²) in [5, 5.41) is 7.20. The lowest BCUT2D eigenvalue weighted by molar-refractivity contribution is 0.140.